The van der Waals surface area contributed by atoms with Gasteiger partial charge in [0, 0.05) is 17.0 Å². The van der Waals surface area contributed by atoms with Gasteiger partial charge in [-0.05, 0) is 43.0 Å². The lowest BCUT2D eigenvalue weighted by Gasteiger charge is -2.22. The van der Waals surface area contributed by atoms with Crippen molar-refractivity contribution < 1.29 is 9.90 Å². The van der Waals surface area contributed by atoms with Crippen molar-refractivity contribution in [3.8, 4) is 0 Å². The van der Waals surface area contributed by atoms with Crippen LogP contribution in [0.5, 0.6) is 0 Å². The largest absolute Gasteiger partial charge is 0.478 e. The maximum Gasteiger partial charge on any atom is 0.336 e. The average Bonchev–Trinajstić information content (AvgIpc) is 2.54. The van der Waals surface area contributed by atoms with Crippen LogP contribution in [-0.4, -0.2) is 16.1 Å². The molecule has 0 amide bonds. The number of aromatic carboxylic acids is 1. The second-order valence-electron chi connectivity index (χ2n) is 5.94. The van der Waals surface area contributed by atoms with Gasteiger partial charge in [0.25, 0.3) is 0 Å². The molecule has 1 fully saturated rings. The van der Waals surface area contributed by atoms with Crippen molar-refractivity contribution in [1.29, 1.82) is 0 Å². The minimum absolute atomic E-state index is 0.399. The summed E-state index contributed by atoms with van der Waals surface area (Å²) in [4.78, 5) is 16.4. The molecule has 1 aromatic carbocycles. The Morgan fingerprint density at radius 2 is 2.00 bits per heavy atom. The van der Waals surface area contributed by atoms with Gasteiger partial charge in [-0.1, -0.05) is 32.3 Å². The van der Waals surface area contributed by atoms with Crippen LogP contribution in [0.15, 0.2) is 24.3 Å². The molecule has 2 aromatic rings. The lowest BCUT2D eigenvalue weighted by Crippen LogP contribution is -2.09. The van der Waals surface area contributed by atoms with Gasteiger partial charge in [0.05, 0.1) is 11.1 Å². The zero-order chi connectivity index (χ0) is 14.8. The molecule has 110 valence electrons. The van der Waals surface area contributed by atoms with E-state index in [0.717, 1.165) is 41.4 Å². The maximum absolute atomic E-state index is 11.6. The fourth-order valence-electron chi connectivity index (χ4n) is 3.30. The highest BCUT2D eigenvalue weighted by Gasteiger charge is 2.20. The van der Waals surface area contributed by atoms with E-state index in [0.29, 0.717) is 11.5 Å². The summed E-state index contributed by atoms with van der Waals surface area (Å²) in [5.41, 5.74) is 3.32. The number of carboxylic acid groups (broad SMARTS) is 1. The van der Waals surface area contributed by atoms with Gasteiger partial charge >= 0.3 is 5.97 Å². The summed E-state index contributed by atoms with van der Waals surface area (Å²) in [6.07, 6.45) is 6.90. The van der Waals surface area contributed by atoms with Gasteiger partial charge in [-0.25, -0.2) is 4.79 Å². The van der Waals surface area contributed by atoms with Crippen LogP contribution < -0.4 is 0 Å². The third-order valence-corrected chi connectivity index (χ3v) is 4.56. The molecule has 0 spiro atoms. The molecular weight excluding hydrogens is 262 g/mol. The van der Waals surface area contributed by atoms with Crippen LogP contribution in [0.3, 0.4) is 0 Å². The molecule has 21 heavy (non-hydrogen) atoms. The number of hydrogen-bond acceptors (Lipinski definition) is 2. The van der Waals surface area contributed by atoms with Crippen molar-refractivity contribution in [2.45, 2.75) is 51.4 Å². The SMILES string of the molecule is CCc1ccc2nc(C3CCCCC3)cc(C(=O)O)c2c1. The van der Waals surface area contributed by atoms with E-state index < -0.39 is 5.97 Å². The summed E-state index contributed by atoms with van der Waals surface area (Å²) in [6.45, 7) is 2.07. The van der Waals surface area contributed by atoms with Gasteiger partial charge in [0.15, 0.2) is 0 Å². The Morgan fingerprint density at radius 1 is 1.24 bits per heavy atom. The van der Waals surface area contributed by atoms with Crippen LogP contribution >= 0.6 is 0 Å². The van der Waals surface area contributed by atoms with Crippen molar-refractivity contribution in [3.63, 3.8) is 0 Å². The molecular formula is C18H21NO2. The van der Waals surface area contributed by atoms with Crippen molar-refractivity contribution >= 4 is 16.9 Å². The van der Waals surface area contributed by atoms with E-state index >= 15 is 0 Å². The summed E-state index contributed by atoms with van der Waals surface area (Å²) in [7, 11) is 0. The quantitative estimate of drug-likeness (QED) is 0.899. The summed E-state index contributed by atoms with van der Waals surface area (Å²) < 4.78 is 0. The van der Waals surface area contributed by atoms with Crippen LogP contribution in [0.4, 0.5) is 0 Å². The van der Waals surface area contributed by atoms with E-state index in [1.165, 1.54) is 19.3 Å². The maximum atomic E-state index is 11.6. The predicted octanol–water partition coefficient (Wildman–Crippen LogP) is 4.54. The van der Waals surface area contributed by atoms with Gasteiger partial charge in [-0.15, -0.1) is 0 Å². The minimum atomic E-state index is -0.854. The van der Waals surface area contributed by atoms with Crippen molar-refractivity contribution in [2.24, 2.45) is 0 Å². The van der Waals surface area contributed by atoms with Crippen LogP contribution in [0, 0.1) is 0 Å². The van der Waals surface area contributed by atoms with E-state index in [9.17, 15) is 9.90 Å². The lowest BCUT2D eigenvalue weighted by molar-refractivity contribution is 0.0698. The molecule has 1 aliphatic carbocycles. The number of pyridine rings is 1. The van der Waals surface area contributed by atoms with Crippen LogP contribution in [0.25, 0.3) is 10.9 Å². The molecule has 3 nitrogen and oxygen atoms in total. The third-order valence-electron chi connectivity index (χ3n) is 4.56. The first kappa shape index (κ1) is 14.1. The number of aryl methyl sites for hydroxylation is 1. The van der Waals surface area contributed by atoms with E-state index in [4.69, 9.17) is 4.98 Å². The zero-order valence-electron chi connectivity index (χ0n) is 12.4. The molecule has 1 aromatic heterocycles. The highest BCUT2D eigenvalue weighted by atomic mass is 16.4. The summed E-state index contributed by atoms with van der Waals surface area (Å²) in [5, 5.41) is 10.3. The topological polar surface area (TPSA) is 50.2 Å². The molecule has 0 saturated heterocycles. The van der Waals surface area contributed by atoms with Crippen molar-refractivity contribution in [2.75, 3.05) is 0 Å². The number of nitrogens with zero attached hydrogens (tertiary/aromatic N) is 1. The summed E-state index contributed by atoms with van der Waals surface area (Å²) in [6, 6.07) is 7.79. The Kier molecular flexibility index (Phi) is 3.91. The van der Waals surface area contributed by atoms with Crippen molar-refractivity contribution in [3.05, 3.63) is 41.1 Å². The molecule has 0 bridgehead atoms. The van der Waals surface area contributed by atoms with E-state index in [1.807, 2.05) is 18.2 Å². The number of carboxylic acids is 1. The number of benzene rings is 1. The first-order valence-electron chi connectivity index (χ1n) is 7.86. The van der Waals surface area contributed by atoms with E-state index in [1.54, 1.807) is 6.07 Å². The third kappa shape index (κ3) is 2.78. The fraction of sp³-hybridized carbons (Fsp3) is 0.444. The number of aromatic nitrogens is 1. The molecule has 1 aliphatic rings. The van der Waals surface area contributed by atoms with E-state index in [2.05, 4.69) is 6.92 Å². The monoisotopic (exact) mass is 283 g/mol. The molecule has 0 unspecified atom stereocenters. The van der Waals surface area contributed by atoms with Gasteiger partial charge < -0.3 is 5.11 Å². The lowest BCUT2D eigenvalue weighted by atomic mass is 9.86. The highest BCUT2D eigenvalue weighted by molar-refractivity contribution is 6.02. The molecule has 1 heterocycles. The molecule has 1 saturated carbocycles. The Morgan fingerprint density at radius 3 is 2.67 bits per heavy atom. The number of carbonyl (C=O) groups is 1. The Bertz CT molecular complexity index is 672. The molecule has 3 rings (SSSR count). The number of rotatable bonds is 3. The molecule has 3 heteroatoms. The standard InChI is InChI=1S/C18H21NO2/c1-2-12-8-9-16-14(10-12)15(18(20)21)11-17(19-16)13-6-4-3-5-7-13/h8-11,13H,2-7H2,1H3,(H,20,21). The molecule has 1 N–H and O–H groups in total. The van der Waals surface area contributed by atoms with Crippen LogP contribution in [0.1, 0.15) is 66.6 Å². The molecule has 0 atom stereocenters. The second kappa shape index (κ2) is 5.84. The van der Waals surface area contributed by atoms with Crippen LogP contribution in [-0.2, 0) is 6.42 Å². The van der Waals surface area contributed by atoms with E-state index in [-0.39, 0.29) is 0 Å². The summed E-state index contributed by atoms with van der Waals surface area (Å²) >= 11 is 0. The normalized spacial score (nSPS) is 16.2. The van der Waals surface area contributed by atoms with Gasteiger partial charge in [0.1, 0.15) is 0 Å². The Balaban J connectivity index is 2.13. The highest BCUT2D eigenvalue weighted by Crippen LogP contribution is 2.33. The second-order valence-corrected chi connectivity index (χ2v) is 5.94. The van der Waals surface area contributed by atoms with Crippen LogP contribution in [0.2, 0.25) is 0 Å². The van der Waals surface area contributed by atoms with Gasteiger partial charge in [0.2, 0.25) is 0 Å². The minimum Gasteiger partial charge on any atom is -0.478 e. The predicted molar refractivity (Wildman–Crippen MR) is 83.9 cm³/mol. The van der Waals surface area contributed by atoms with Gasteiger partial charge in [-0.2, -0.15) is 0 Å². The number of hydrogen-bond donors (Lipinski definition) is 1. The average molecular weight is 283 g/mol. The first-order chi connectivity index (χ1) is 10.2. The smallest absolute Gasteiger partial charge is 0.336 e. The molecule has 0 aliphatic heterocycles. The van der Waals surface area contributed by atoms with Crippen molar-refractivity contribution in [1.82, 2.24) is 4.98 Å². The Labute approximate surface area is 125 Å². The summed E-state index contributed by atoms with van der Waals surface area (Å²) in [5.74, 6) is -0.431. The molecule has 0 radical (unpaired) electrons. The first-order valence-corrected chi connectivity index (χ1v) is 7.86. The Hall–Kier alpha value is -1.90. The van der Waals surface area contributed by atoms with Gasteiger partial charge in [-0.3, -0.25) is 4.98 Å². The number of fused-ring (bicyclic) bond motifs is 1. The fourth-order valence-corrected chi connectivity index (χ4v) is 3.30. The zero-order valence-corrected chi connectivity index (χ0v) is 12.4.